The molecule has 7 heteroatoms. The van der Waals surface area contributed by atoms with Gasteiger partial charge in [0.15, 0.2) is 0 Å². The molecule has 15 heavy (non-hydrogen) atoms. The van der Waals surface area contributed by atoms with Gasteiger partial charge in [-0.05, 0) is 11.6 Å². The van der Waals surface area contributed by atoms with E-state index in [0.717, 1.165) is 12.1 Å². The van der Waals surface area contributed by atoms with E-state index in [9.17, 15) is 20.0 Å². The Bertz CT molecular complexity index is 433. The summed E-state index contributed by atoms with van der Waals surface area (Å²) < 4.78 is 0. The van der Waals surface area contributed by atoms with E-state index in [1.165, 1.54) is 0 Å². The Labute approximate surface area is 94.4 Å². The first-order valence-corrected chi connectivity index (χ1v) is 4.49. The lowest BCUT2D eigenvalue weighted by molar-refractivity contribution is -0.384. The van der Waals surface area contributed by atoms with Crippen LogP contribution in [0.2, 0.25) is 10.0 Å². The molecule has 0 saturated heterocycles. The lowest BCUT2D eigenvalue weighted by Gasteiger charge is -2.05. The Morgan fingerprint density at radius 2 is 1.93 bits per heavy atom. The van der Waals surface area contributed by atoms with E-state index in [4.69, 9.17) is 23.2 Å². The van der Waals surface area contributed by atoms with Gasteiger partial charge in [0.2, 0.25) is 0 Å². The number of nitrogens with zero attached hydrogens (tertiary/aromatic N) is 1. The minimum atomic E-state index is -1.33. The van der Waals surface area contributed by atoms with Gasteiger partial charge in [-0.2, -0.15) is 0 Å². The molecule has 0 fully saturated rings. The topological polar surface area (TPSA) is 83.3 Å². The van der Waals surface area contributed by atoms with Crippen molar-refractivity contribution in [3.63, 3.8) is 0 Å². The molecule has 5 nitrogen and oxygen atoms in total. The van der Waals surface area contributed by atoms with Gasteiger partial charge in [-0.15, -0.1) is 0 Å². The van der Waals surface area contributed by atoms with Crippen LogP contribution in [0.4, 0.5) is 5.69 Å². The Morgan fingerprint density at radius 1 is 1.33 bits per heavy atom. The number of benzene rings is 1. The van der Waals surface area contributed by atoms with Crippen molar-refractivity contribution >= 4 is 34.9 Å². The van der Waals surface area contributed by atoms with Crippen LogP contribution in [-0.4, -0.2) is 10.9 Å². The average molecular weight is 249 g/mol. The van der Waals surface area contributed by atoms with Gasteiger partial charge < -0.3 is 9.90 Å². The van der Waals surface area contributed by atoms with Crippen LogP contribution < -0.4 is 5.11 Å². The number of carbonyl (C=O) groups excluding carboxylic acids is 1. The molecule has 1 aromatic rings. The maximum atomic E-state index is 10.4. The molecule has 0 atom stereocenters. The molecule has 0 aliphatic carbocycles. The van der Waals surface area contributed by atoms with Crippen LogP contribution in [0.25, 0.3) is 0 Å². The van der Waals surface area contributed by atoms with Crippen molar-refractivity contribution in [1.82, 2.24) is 0 Å². The highest BCUT2D eigenvalue weighted by Crippen LogP contribution is 2.30. The molecule has 0 aromatic heterocycles. The van der Waals surface area contributed by atoms with Gasteiger partial charge in [-0.25, -0.2) is 0 Å². The first kappa shape index (κ1) is 11.7. The summed E-state index contributed by atoms with van der Waals surface area (Å²) >= 11 is 11.2. The number of halogens is 2. The second kappa shape index (κ2) is 4.46. The predicted octanol–water partition coefficient (Wildman–Crippen LogP) is 1.19. The molecule has 0 amide bonds. The standard InChI is InChI=1S/C8H5Cl2NO4/c9-5-3-7(11(14)15)6(10)1-4(5)2-8(12)13/h1,3H,2H2,(H,12,13)/p-1. The smallest absolute Gasteiger partial charge is 0.289 e. The fourth-order valence-corrected chi connectivity index (χ4v) is 1.49. The number of carboxylic acids is 1. The van der Waals surface area contributed by atoms with E-state index in [-0.39, 0.29) is 21.3 Å². The molecule has 1 rings (SSSR count). The number of carbonyl (C=O) groups is 1. The van der Waals surface area contributed by atoms with Gasteiger partial charge in [-0.3, -0.25) is 10.1 Å². The first-order valence-electron chi connectivity index (χ1n) is 3.74. The molecule has 0 saturated carbocycles. The summed E-state index contributed by atoms with van der Waals surface area (Å²) in [7, 11) is 0. The zero-order chi connectivity index (χ0) is 11.6. The van der Waals surface area contributed by atoms with Crippen LogP contribution in [0.5, 0.6) is 0 Å². The maximum absolute atomic E-state index is 10.4. The van der Waals surface area contributed by atoms with Crippen molar-refractivity contribution in [3.05, 3.63) is 37.9 Å². The molecule has 80 valence electrons. The maximum Gasteiger partial charge on any atom is 0.289 e. The number of hydrogen-bond donors (Lipinski definition) is 0. The summed E-state index contributed by atoms with van der Waals surface area (Å²) in [5.41, 5.74) is -0.170. The minimum Gasteiger partial charge on any atom is -0.550 e. The van der Waals surface area contributed by atoms with Crippen LogP contribution in [0.1, 0.15) is 5.56 Å². The molecule has 0 N–H and O–H groups in total. The Balaban J connectivity index is 3.19. The third kappa shape index (κ3) is 2.81. The van der Waals surface area contributed by atoms with E-state index < -0.39 is 17.3 Å². The number of carboxylic acid groups (broad SMARTS) is 1. The van der Waals surface area contributed by atoms with Crippen LogP contribution in [0.15, 0.2) is 12.1 Å². The normalized spacial score (nSPS) is 10.0. The van der Waals surface area contributed by atoms with E-state index in [1.54, 1.807) is 0 Å². The number of nitro groups is 1. The van der Waals surface area contributed by atoms with Gasteiger partial charge in [0.25, 0.3) is 5.69 Å². The van der Waals surface area contributed by atoms with Crippen molar-refractivity contribution in [1.29, 1.82) is 0 Å². The van der Waals surface area contributed by atoms with Gasteiger partial charge in [0.1, 0.15) is 5.02 Å². The number of rotatable bonds is 3. The molecule has 1 aromatic carbocycles. The largest absolute Gasteiger partial charge is 0.550 e. The van der Waals surface area contributed by atoms with Crippen molar-refractivity contribution in [2.24, 2.45) is 0 Å². The third-order valence-electron chi connectivity index (χ3n) is 1.65. The minimum absolute atomic E-state index is 0.0182. The highest BCUT2D eigenvalue weighted by molar-refractivity contribution is 6.35. The Kier molecular flexibility index (Phi) is 3.49. The number of nitro benzene ring substituents is 1. The first-order chi connectivity index (χ1) is 6.91. The van der Waals surface area contributed by atoms with Crippen LogP contribution in [-0.2, 0) is 11.2 Å². The summed E-state index contributed by atoms with van der Waals surface area (Å²) in [5, 5.41) is 20.6. The molecule has 0 aliphatic heterocycles. The molecule has 0 heterocycles. The molecule has 0 bridgehead atoms. The van der Waals surface area contributed by atoms with E-state index in [0.29, 0.717) is 0 Å². The van der Waals surface area contributed by atoms with Crippen molar-refractivity contribution in [2.45, 2.75) is 6.42 Å². The second-order valence-electron chi connectivity index (χ2n) is 2.70. The van der Waals surface area contributed by atoms with Gasteiger partial charge in [0.05, 0.1) is 9.95 Å². The van der Waals surface area contributed by atoms with Crippen LogP contribution in [0, 0.1) is 10.1 Å². The Morgan fingerprint density at radius 3 is 2.40 bits per heavy atom. The summed E-state index contributed by atoms with van der Waals surface area (Å²) in [6, 6.07) is 2.17. The summed E-state index contributed by atoms with van der Waals surface area (Å²) in [6.07, 6.45) is -0.434. The van der Waals surface area contributed by atoms with Crippen molar-refractivity contribution in [2.75, 3.05) is 0 Å². The van der Waals surface area contributed by atoms with Crippen molar-refractivity contribution in [3.8, 4) is 0 Å². The van der Waals surface area contributed by atoms with Crippen LogP contribution >= 0.6 is 23.2 Å². The predicted molar refractivity (Wildman–Crippen MR) is 51.8 cm³/mol. The zero-order valence-electron chi connectivity index (χ0n) is 7.20. The Hall–Kier alpha value is -1.33. The zero-order valence-corrected chi connectivity index (χ0v) is 8.71. The highest BCUT2D eigenvalue weighted by atomic mass is 35.5. The highest BCUT2D eigenvalue weighted by Gasteiger charge is 2.15. The molecule has 0 radical (unpaired) electrons. The summed E-state index contributed by atoms with van der Waals surface area (Å²) in [6.45, 7) is 0. The second-order valence-corrected chi connectivity index (χ2v) is 3.52. The SMILES string of the molecule is O=C([O-])Cc1cc(Cl)c([N+](=O)[O-])cc1Cl. The lowest BCUT2D eigenvalue weighted by atomic mass is 10.1. The van der Waals surface area contributed by atoms with Gasteiger partial charge in [0, 0.05) is 18.5 Å². The number of hydrogen-bond acceptors (Lipinski definition) is 4. The number of aliphatic carboxylic acids is 1. The quantitative estimate of drug-likeness (QED) is 0.595. The molecular formula is C8H4Cl2NO4-. The fourth-order valence-electron chi connectivity index (χ4n) is 1.01. The van der Waals surface area contributed by atoms with E-state index in [2.05, 4.69) is 0 Å². The molecule has 0 aliphatic rings. The van der Waals surface area contributed by atoms with Crippen molar-refractivity contribution < 1.29 is 14.8 Å². The lowest BCUT2D eigenvalue weighted by Crippen LogP contribution is -2.24. The fraction of sp³-hybridized carbons (Fsp3) is 0.125. The molecule has 0 unspecified atom stereocenters. The van der Waals surface area contributed by atoms with E-state index in [1.807, 2.05) is 0 Å². The monoisotopic (exact) mass is 248 g/mol. The molecule has 0 spiro atoms. The van der Waals surface area contributed by atoms with Crippen LogP contribution in [0.3, 0.4) is 0 Å². The van der Waals surface area contributed by atoms with Gasteiger partial charge >= 0.3 is 0 Å². The van der Waals surface area contributed by atoms with E-state index >= 15 is 0 Å². The summed E-state index contributed by atoms with van der Waals surface area (Å²) in [4.78, 5) is 20.0. The average Bonchev–Trinajstić information content (AvgIpc) is 2.09. The third-order valence-corrected chi connectivity index (χ3v) is 2.30. The van der Waals surface area contributed by atoms with Gasteiger partial charge in [-0.1, -0.05) is 23.2 Å². The molecular weight excluding hydrogens is 245 g/mol. The summed E-state index contributed by atoms with van der Waals surface area (Å²) in [5.74, 6) is -1.33.